The van der Waals surface area contributed by atoms with Crippen molar-refractivity contribution in [2.75, 3.05) is 18.9 Å². The Morgan fingerprint density at radius 3 is 2.81 bits per heavy atom. The molecule has 0 aliphatic rings. The van der Waals surface area contributed by atoms with E-state index in [4.69, 9.17) is 20.3 Å². The van der Waals surface area contributed by atoms with Gasteiger partial charge in [0, 0.05) is 0 Å². The number of anilines is 1. The smallest absolute Gasteiger partial charge is 0.344 e. The molecule has 0 aliphatic carbocycles. The zero-order chi connectivity index (χ0) is 12.0. The first-order valence-electron chi connectivity index (χ1n) is 4.90. The van der Waals surface area contributed by atoms with Crippen molar-refractivity contribution < 1.29 is 19.4 Å². The van der Waals surface area contributed by atoms with E-state index >= 15 is 0 Å². The second kappa shape index (κ2) is 5.97. The van der Waals surface area contributed by atoms with Crippen molar-refractivity contribution in [2.45, 2.75) is 13.0 Å². The van der Waals surface area contributed by atoms with Gasteiger partial charge in [0.05, 0.1) is 11.8 Å². The average Bonchev–Trinajstić information content (AvgIpc) is 2.25. The fraction of sp³-hybridized carbons (Fsp3) is 0.364. The van der Waals surface area contributed by atoms with E-state index in [0.29, 0.717) is 11.4 Å². The Bertz CT molecular complexity index is 352. The van der Waals surface area contributed by atoms with Gasteiger partial charge in [0.25, 0.3) is 0 Å². The summed E-state index contributed by atoms with van der Waals surface area (Å²) in [5.74, 6) is -0.0966. The van der Waals surface area contributed by atoms with Crippen LogP contribution in [0.25, 0.3) is 0 Å². The standard InChI is InChI=1S/C11H15NO4/c1-8(13)6-16-11(14)7-15-10-5-3-2-4-9(10)12/h2-5,8,13H,6-7,12H2,1H3. The Morgan fingerprint density at radius 2 is 2.19 bits per heavy atom. The molecule has 1 unspecified atom stereocenters. The minimum absolute atomic E-state index is 0.0353. The summed E-state index contributed by atoms with van der Waals surface area (Å²) in [4.78, 5) is 11.1. The van der Waals surface area contributed by atoms with E-state index in [2.05, 4.69) is 0 Å². The number of hydrogen-bond acceptors (Lipinski definition) is 5. The van der Waals surface area contributed by atoms with Gasteiger partial charge in [0.2, 0.25) is 0 Å². The number of hydrogen-bond donors (Lipinski definition) is 2. The molecule has 0 radical (unpaired) electrons. The van der Waals surface area contributed by atoms with Gasteiger partial charge in [-0.05, 0) is 19.1 Å². The van der Waals surface area contributed by atoms with E-state index < -0.39 is 12.1 Å². The van der Waals surface area contributed by atoms with Crippen molar-refractivity contribution in [3.05, 3.63) is 24.3 Å². The maximum absolute atomic E-state index is 11.1. The topological polar surface area (TPSA) is 81.8 Å². The molecule has 0 spiro atoms. The van der Waals surface area contributed by atoms with E-state index in [1.54, 1.807) is 24.3 Å². The predicted molar refractivity (Wildman–Crippen MR) is 59.0 cm³/mol. The lowest BCUT2D eigenvalue weighted by Crippen LogP contribution is -2.20. The van der Waals surface area contributed by atoms with Gasteiger partial charge in [-0.1, -0.05) is 12.1 Å². The molecular weight excluding hydrogens is 210 g/mol. The largest absolute Gasteiger partial charge is 0.480 e. The number of aliphatic hydroxyl groups excluding tert-OH is 1. The van der Waals surface area contributed by atoms with Crippen LogP contribution in [-0.4, -0.2) is 30.4 Å². The maximum Gasteiger partial charge on any atom is 0.344 e. The number of rotatable bonds is 5. The van der Waals surface area contributed by atoms with Crippen LogP contribution in [0.2, 0.25) is 0 Å². The van der Waals surface area contributed by atoms with Crippen LogP contribution in [0.1, 0.15) is 6.92 Å². The van der Waals surface area contributed by atoms with Gasteiger partial charge in [-0.3, -0.25) is 0 Å². The van der Waals surface area contributed by atoms with Crippen molar-refractivity contribution >= 4 is 11.7 Å². The van der Waals surface area contributed by atoms with Gasteiger partial charge in [-0.15, -0.1) is 0 Å². The minimum Gasteiger partial charge on any atom is -0.480 e. The van der Waals surface area contributed by atoms with Crippen LogP contribution >= 0.6 is 0 Å². The van der Waals surface area contributed by atoms with Crippen molar-refractivity contribution in [1.82, 2.24) is 0 Å². The average molecular weight is 225 g/mol. The fourth-order valence-corrected chi connectivity index (χ4v) is 1.00. The summed E-state index contributed by atoms with van der Waals surface area (Å²) >= 11 is 0. The molecule has 0 aliphatic heterocycles. The lowest BCUT2D eigenvalue weighted by molar-refractivity contribution is -0.148. The van der Waals surface area contributed by atoms with Gasteiger partial charge in [-0.25, -0.2) is 4.79 Å². The second-order valence-electron chi connectivity index (χ2n) is 3.36. The summed E-state index contributed by atoms with van der Waals surface area (Å²) < 4.78 is 9.86. The highest BCUT2D eigenvalue weighted by Gasteiger charge is 2.07. The van der Waals surface area contributed by atoms with Crippen LogP contribution < -0.4 is 10.5 Å². The van der Waals surface area contributed by atoms with Gasteiger partial charge in [-0.2, -0.15) is 0 Å². The molecule has 3 N–H and O–H groups in total. The fourth-order valence-electron chi connectivity index (χ4n) is 1.00. The Hall–Kier alpha value is -1.75. The van der Waals surface area contributed by atoms with Gasteiger partial charge in [0.1, 0.15) is 12.4 Å². The number of carbonyl (C=O) groups is 1. The first-order valence-corrected chi connectivity index (χ1v) is 4.90. The zero-order valence-corrected chi connectivity index (χ0v) is 9.05. The van der Waals surface area contributed by atoms with E-state index in [1.807, 2.05) is 0 Å². The molecule has 5 nitrogen and oxygen atoms in total. The summed E-state index contributed by atoms with van der Waals surface area (Å²) in [7, 11) is 0. The number of carbonyl (C=O) groups excluding carboxylic acids is 1. The lowest BCUT2D eigenvalue weighted by atomic mass is 10.3. The molecule has 0 bridgehead atoms. The summed E-state index contributed by atoms with van der Waals surface area (Å²) in [6.07, 6.45) is -0.675. The number of para-hydroxylation sites is 2. The molecule has 0 fully saturated rings. The number of ether oxygens (including phenoxy) is 2. The molecule has 88 valence electrons. The second-order valence-corrected chi connectivity index (χ2v) is 3.36. The Balaban J connectivity index is 2.35. The first-order chi connectivity index (χ1) is 7.59. The quantitative estimate of drug-likeness (QED) is 0.565. The first kappa shape index (κ1) is 12.3. The molecule has 16 heavy (non-hydrogen) atoms. The van der Waals surface area contributed by atoms with Crippen LogP contribution in [0.3, 0.4) is 0 Å². The summed E-state index contributed by atoms with van der Waals surface area (Å²) in [6, 6.07) is 6.87. The SMILES string of the molecule is CC(O)COC(=O)COc1ccccc1N. The highest BCUT2D eigenvalue weighted by atomic mass is 16.6. The highest BCUT2D eigenvalue weighted by Crippen LogP contribution is 2.19. The van der Waals surface area contributed by atoms with Crippen molar-refractivity contribution in [2.24, 2.45) is 0 Å². The monoisotopic (exact) mass is 225 g/mol. The van der Waals surface area contributed by atoms with Gasteiger partial charge >= 0.3 is 5.97 Å². The number of nitrogens with two attached hydrogens (primary N) is 1. The molecule has 1 rings (SSSR count). The van der Waals surface area contributed by atoms with Crippen LogP contribution in [0.4, 0.5) is 5.69 Å². The van der Waals surface area contributed by atoms with E-state index in [-0.39, 0.29) is 13.2 Å². The normalized spacial score (nSPS) is 11.9. The van der Waals surface area contributed by atoms with Crippen LogP contribution in [0, 0.1) is 0 Å². The van der Waals surface area contributed by atoms with Gasteiger partial charge in [0.15, 0.2) is 6.61 Å². The Labute approximate surface area is 93.8 Å². The number of benzene rings is 1. The zero-order valence-electron chi connectivity index (χ0n) is 9.05. The maximum atomic E-state index is 11.1. The third kappa shape index (κ3) is 4.18. The molecule has 5 heteroatoms. The molecule has 0 amide bonds. The van der Waals surface area contributed by atoms with Crippen molar-refractivity contribution in [1.29, 1.82) is 0 Å². The molecule has 0 saturated heterocycles. The van der Waals surface area contributed by atoms with Crippen LogP contribution in [0.15, 0.2) is 24.3 Å². The predicted octanol–water partition coefficient (Wildman–Crippen LogP) is 0.572. The van der Waals surface area contributed by atoms with Crippen molar-refractivity contribution in [3.8, 4) is 5.75 Å². The molecule has 1 aromatic rings. The summed E-state index contributed by atoms with van der Waals surface area (Å²) in [6.45, 7) is 1.27. The molecular formula is C11H15NO4. The lowest BCUT2D eigenvalue weighted by Gasteiger charge is -2.09. The van der Waals surface area contributed by atoms with Gasteiger partial charge < -0.3 is 20.3 Å². The molecule has 0 saturated carbocycles. The van der Waals surface area contributed by atoms with E-state index in [9.17, 15) is 4.79 Å². The third-order valence-corrected chi connectivity index (χ3v) is 1.75. The molecule has 0 heterocycles. The van der Waals surface area contributed by atoms with Crippen molar-refractivity contribution in [3.63, 3.8) is 0 Å². The Kier molecular flexibility index (Phi) is 4.60. The molecule has 1 aromatic carbocycles. The highest BCUT2D eigenvalue weighted by molar-refractivity contribution is 5.71. The number of aliphatic hydroxyl groups is 1. The number of nitrogen functional groups attached to an aromatic ring is 1. The van der Waals surface area contributed by atoms with Crippen LogP contribution in [-0.2, 0) is 9.53 Å². The molecule has 1 atom stereocenters. The van der Waals surface area contributed by atoms with E-state index in [0.717, 1.165) is 0 Å². The van der Waals surface area contributed by atoms with Crippen LogP contribution in [0.5, 0.6) is 5.75 Å². The summed E-state index contributed by atoms with van der Waals surface area (Å²) in [5.41, 5.74) is 6.08. The molecule has 0 aromatic heterocycles. The summed E-state index contributed by atoms with van der Waals surface area (Å²) in [5, 5.41) is 8.89. The third-order valence-electron chi connectivity index (χ3n) is 1.75. The van der Waals surface area contributed by atoms with E-state index in [1.165, 1.54) is 6.92 Å². The minimum atomic E-state index is -0.675. The Morgan fingerprint density at radius 1 is 1.50 bits per heavy atom. The number of esters is 1.